The van der Waals surface area contributed by atoms with Crippen LogP contribution in [0.3, 0.4) is 0 Å². The van der Waals surface area contributed by atoms with Crippen molar-refractivity contribution < 1.29 is 28.0 Å². The first kappa shape index (κ1) is 12.9. The summed E-state index contributed by atoms with van der Waals surface area (Å²) in [7, 11) is 0. The van der Waals surface area contributed by atoms with Gasteiger partial charge < -0.3 is 5.11 Å². The Morgan fingerprint density at radius 3 is 2.41 bits per heavy atom. The lowest BCUT2D eigenvalue weighted by Crippen LogP contribution is -2.12. The number of nitro benzene ring substituents is 1. The Morgan fingerprint density at radius 2 is 2.00 bits per heavy atom. The largest absolute Gasteiger partial charge is 0.477 e. The highest BCUT2D eigenvalue weighted by Gasteiger charge is 2.29. The number of hydrogen-bond acceptors (Lipinski definition) is 3. The fourth-order valence-electron chi connectivity index (χ4n) is 1.25. The molecule has 0 atom stereocenters. The van der Waals surface area contributed by atoms with E-state index in [1.807, 2.05) is 0 Å². The van der Waals surface area contributed by atoms with Crippen LogP contribution in [0.1, 0.15) is 15.9 Å². The van der Waals surface area contributed by atoms with Crippen molar-refractivity contribution in [2.45, 2.75) is 12.6 Å². The summed E-state index contributed by atoms with van der Waals surface area (Å²) in [6, 6.07) is 2.32. The number of hydrogen-bond donors (Lipinski definition) is 1. The summed E-state index contributed by atoms with van der Waals surface area (Å²) < 4.78 is 36.1. The number of carbonyl (C=O) groups is 1. The molecule has 0 saturated carbocycles. The van der Waals surface area contributed by atoms with Crippen molar-refractivity contribution >= 4 is 11.7 Å². The van der Waals surface area contributed by atoms with E-state index in [0.717, 1.165) is 12.1 Å². The van der Waals surface area contributed by atoms with E-state index in [2.05, 4.69) is 0 Å². The average molecular weight is 249 g/mol. The molecule has 0 fully saturated rings. The Balaban J connectivity index is 3.19. The van der Waals surface area contributed by atoms with Crippen molar-refractivity contribution in [3.63, 3.8) is 0 Å². The predicted octanol–water partition coefficient (Wildman–Crippen LogP) is 2.40. The van der Waals surface area contributed by atoms with Crippen molar-refractivity contribution in [3.8, 4) is 0 Å². The molecule has 0 aliphatic rings. The van der Waals surface area contributed by atoms with E-state index in [-0.39, 0.29) is 5.56 Å². The van der Waals surface area contributed by atoms with E-state index in [0.29, 0.717) is 6.07 Å². The number of halogens is 3. The van der Waals surface area contributed by atoms with Gasteiger partial charge in [-0.25, -0.2) is 4.79 Å². The van der Waals surface area contributed by atoms with Crippen molar-refractivity contribution in [3.05, 3.63) is 39.4 Å². The molecule has 0 saturated heterocycles. The highest BCUT2D eigenvalue weighted by Crippen LogP contribution is 2.26. The molecule has 5 nitrogen and oxygen atoms in total. The SMILES string of the molecule is O=C(O)c1ccc(CC(F)(F)F)cc1[N+](=O)[O-]. The summed E-state index contributed by atoms with van der Waals surface area (Å²) in [4.78, 5) is 20.1. The lowest BCUT2D eigenvalue weighted by molar-refractivity contribution is -0.385. The number of nitro groups is 1. The first-order valence-electron chi connectivity index (χ1n) is 4.28. The van der Waals surface area contributed by atoms with Gasteiger partial charge in [-0.15, -0.1) is 0 Å². The summed E-state index contributed by atoms with van der Waals surface area (Å²) >= 11 is 0. The van der Waals surface area contributed by atoms with E-state index >= 15 is 0 Å². The molecular weight excluding hydrogens is 243 g/mol. The molecule has 0 spiro atoms. The van der Waals surface area contributed by atoms with E-state index in [4.69, 9.17) is 5.11 Å². The number of carboxylic acid groups (broad SMARTS) is 1. The van der Waals surface area contributed by atoms with Gasteiger partial charge in [0.05, 0.1) is 11.3 Å². The Hall–Kier alpha value is -2.12. The summed E-state index contributed by atoms with van der Waals surface area (Å²) in [5, 5.41) is 19.1. The predicted molar refractivity (Wildman–Crippen MR) is 49.8 cm³/mol. The summed E-state index contributed by atoms with van der Waals surface area (Å²) in [6.45, 7) is 0. The molecule has 1 aromatic carbocycles. The van der Waals surface area contributed by atoms with Gasteiger partial charge >= 0.3 is 12.1 Å². The fourth-order valence-corrected chi connectivity index (χ4v) is 1.25. The molecule has 0 heterocycles. The molecule has 0 radical (unpaired) electrons. The lowest BCUT2D eigenvalue weighted by atomic mass is 10.1. The third-order valence-corrected chi connectivity index (χ3v) is 1.89. The van der Waals surface area contributed by atoms with Crippen LogP contribution in [0.2, 0.25) is 0 Å². The van der Waals surface area contributed by atoms with Crippen LogP contribution in [-0.4, -0.2) is 22.2 Å². The zero-order valence-electron chi connectivity index (χ0n) is 8.19. The third-order valence-electron chi connectivity index (χ3n) is 1.89. The summed E-state index contributed by atoms with van der Waals surface area (Å²) in [5.41, 5.74) is -1.84. The smallest absolute Gasteiger partial charge is 0.393 e. The van der Waals surface area contributed by atoms with E-state index < -0.39 is 34.7 Å². The maximum Gasteiger partial charge on any atom is 0.393 e. The molecule has 0 aromatic heterocycles. The minimum absolute atomic E-state index is 0.353. The Kier molecular flexibility index (Phi) is 3.35. The second-order valence-corrected chi connectivity index (χ2v) is 3.21. The van der Waals surface area contributed by atoms with Crippen LogP contribution in [0.4, 0.5) is 18.9 Å². The van der Waals surface area contributed by atoms with Gasteiger partial charge in [-0.05, 0) is 11.6 Å². The number of rotatable bonds is 3. The van der Waals surface area contributed by atoms with Crippen LogP contribution < -0.4 is 0 Å². The standard InChI is InChI=1S/C9H6F3NO4/c10-9(11,12)4-5-1-2-6(8(14)15)7(3-5)13(16)17/h1-3H,4H2,(H,14,15). The number of carboxylic acids is 1. The molecule has 0 unspecified atom stereocenters. The molecule has 1 N–H and O–H groups in total. The quantitative estimate of drug-likeness (QED) is 0.658. The van der Waals surface area contributed by atoms with E-state index in [1.54, 1.807) is 0 Å². The van der Waals surface area contributed by atoms with Crippen LogP contribution >= 0.6 is 0 Å². The van der Waals surface area contributed by atoms with E-state index in [9.17, 15) is 28.1 Å². The first-order valence-corrected chi connectivity index (χ1v) is 4.28. The van der Waals surface area contributed by atoms with Crippen LogP contribution in [0, 0.1) is 10.1 Å². The van der Waals surface area contributed by atoms with Crippen LogP contribution in [-0.2, 0) is 6.42 Å². The number of aromatic carboxylic acids is 1. The molecule has 0 aliphatic heterocycles. The van der Waals surface area contributed by atoms with Gasteiger partial charge in [0.25, 0.3) is 5.69 Å². The Morgan fingerprint density at radius 1 is 1.41 bits per heavy atom. The average Bonchev–Trinajstić information content (AvgIpc) is 2.14. The monoisotopic (exact) mass is 249 g/mol. The summed E-state index contributed by atoms with van der Waals surface area (Å²) in [5.74, 6) is -1.56. The van der Waals surface area contributed by atoms with Crippen molar-refractivity contribution in [1.82, 2.24) is 0 Å². The molecule has 0 amide bonds. The Labute approximate surface area is 92.6 Å². The number of nitrogens with zero attached hydrogens (tertiary/aromatic N) is 1. The molecule has 0 bridgehead atoms. The van der Waals surface area contributed by atoms with Gasteiger partial charge in [0.2, 0.25) is 0 Å². The maximum atomic E-state index is 12.0. The highest BCUT2D eigenvalue weighted by atomic mass is 19.4. The molecular formula is C9H6F3NO4. The van der Waals surface area contributed by atoms with Crippen molar-refractivity contribution in [1.29, 1.82) is 0 Å². The third kappa shape index (κ3) is 3.44. The van der Waals surface area contributed by atoms with Crippen molar-refractivity contribution in [2.24, 2.45) is 0 Å². The summed E-state index contributed by atoms with van der Waals surface area (Å²) in [6.07, 6.45) is -5.84. The van der Waals surface area contributed by atoms with Gasteiger partial charge in [0, 0.05) is 6.07 Å². The second-order valence-electron chi connectivity index (χ2n) is 3.21. The van der Waals surface area contributed by atoms with Crippen molar-refractivity contribution in [2.75, 3.05) is 0 Å². The van der Waals surface area contributed by atoms with Crippen LogP contribution in [0.5, 0.6) is 0 Å². The highest BCUT2D eigenvalue weighted by molar-refractivity contribution is 5.92. The minimum atomic E-state index is -4.50. The number of alkyl halides is 3. The zero-order valence-corrected chi connectivity index (χ0v) is 8.19. The maximum absolute atomic E-state index is 12.0. The molecule has 1 aromatic rings. The van der Waals surface area contributed by atoms with E-state index in [1.165, 1.54) is 0 Å². The van der Waals surface area contributed by atoms with Gasteiger partial charge in [0.1, 0.15) is 5.56 Å². The minimum Gasteiger partial charge on any atom is -0.477 e. The molecule has 92 valence electrons. The first-order chi connectivity index (χ1) is 7.70. The fraction of sp³-hybridized carbons (Fsp3) is 0.222. The lowest BCUT2D eigenvalue weighted by Gasteiger charge is -2.06. The Bertz CT molecular complexity index is 470. The van der Waals surface area contributed by atoms with Crippen LogP contribution in [0.15, 0.2) is 18.2 Å². The molecule has 1 rings (SSSR count). The number of benzene rings is 1. The van der Waals surface area contributed by atoms with Crippen LogP contribution in [0.25, 0.3) is 0 Å². The second kappa shape index (κ2) is 4.40. The van der Waals surface area contributed by atoms with Gasteiger partial charge in [-0.1, -0.05) is 6.07 Å². The zero-order chi connectivity index (χ0) is 13.2. The molecule has 8 heteroatoms. The molecule has 17 heavy (non-hydrogen) atoms. The molecule has 0 aliphatic carbocycles. The normalized spacial score (nSPS) is 11.2. The topological polar surface area (TPSA) is 80.4 Å². The van der Waals surface area contributed by atoms with Gasteiger partial charge in [-0.2, -0.15) is 13.2 Å². The van der Waals surface area contributed by atoms with Gasteiger partial charge in [0.15, 0.2) is 0 Å². The van der Waals surface area contributed by atoms with Gasteiger partial charge in [-0.3, -0.25) is 10.1 Å².